The zero-order chi connectivity index (χ0) is 12.0. The lowest BCUT2D eigenvalue weighted by molar-refractivity contribution is -0.120. The van der Waals surface area contributed by atoms with Crippen molar-refractivity contribution in [1.82, 2.24) is 5.32 Å². The van der Waals surface area contributed by atoms with E-state index in [4.69, 9.17) is 5.73 Å². The number of benzene rings is 1. The second kappa shape index (κ2) is 6.00. The highest BCUT2D eigenvalue weighted by Crippen LogP contribution is 2.25. The zero-order valence-electron chi connectivity index (χ0n) is 9.49. The van der Waals surface area contributed by atoms with E-state index in [0.717, 1.165) is 12.0 Å². The number of para-hydroxylation sites is 1. The number of aryl methyl sites for hydroxylation is 1. The largest absolute Gasteiger partial charge is 0.506 e. The lowest BCUT2D eigenvalue weighted by Crippen LogP contribution is -2.23. The van der Waals surface area contributed by atoms with Gasteiger partial charge in [-0.2, -0.15) is 0 Å². The molecule has 0 spiro atoms. The van der Waals surface area contributed by atoms with Crippen molar-refractivity contribution < 1.29 is 9.90 Å². The highest BCUT2D eigenvalue weighted by Gasteiger charge is 2.03. The summed E-state index contributed by atoms with van der Waals surface area (Å²) in [5, 5.41) is 12.4. The van der Waals surface area contributed by atoms with Crippen LogP contribution in [-0.2, 0) is 11.2 Å². The van der Waals surface area contributed by atoms with Gasteiger partial charge in [-0.15, -0.1) is 0 Å². The number of nitrogens with one attached hydrogen (secondary N) is 1. The first kappa shape index (κ1) is 12.4. The van der Waals surface area contributed by atoms with Crippen molar-refractivity contribution in [2.45, 2.75) is 26.2 Å². The predicted octanol–water partition coefficient (Wildman–Crippen LogP) is 1.43. The molecule has 0 fully saturated rings. The molecule has 0 saturated carbocycles. The van der Waals surface area contributed by atoms with Crippen LogP contribution in [0.25, 0.3) is 0 Å². The van der Waals surface area contributed by atoms with Crippen molar-refractivity contribution in [3.05, 3.63) is 23.8 Å². The van der Waals surface area contributed by atoms with Gasteiger partial charge in [0.1, 0.15) is 5.75 Å². The Labute approximate surface area is 95.5 Å². The van der Waals surface area contributed by atoms with Crippen LogP contribution < -0.4 is 11.1 Å². The fourth-order valence-corrected chi connectivity index (χ4v) is 1.44. The van der Waals surface area contributed by atoms with Gasteiger partial charge < -0.3 is 16.2 Å². The monoisotopic (exact) mass is 222 g/mol. The molecular weight excluding hydrogens is 204 g/mol. The Bertz CT molecular complexity index is 364. The van der Waals surface area contributed by atoms with Crippen LogP contribution in [0, 0.1) is 0 Å². The number of anilines is 1. The molecule has 0 unspecified atom stereocenters. The molecule has 0 saturated heterocycles. The molecule has 1 rings (SSSR count). The Balaban J connectivity index is 2.38. The number of carbonyl (C=O) groups is 1. The molecule has 0 aliphatic rings. The third-order valence-corrected chi connectivity index (χ3v) is 2.42. The van der Waals surface area contributed by atoms with Crippen LogP contribution in [0.15, 0.2) is 18.2 Å². The maximum absolute atomic E-state index is 11.0. The van der Waals surface area contributed by atoms with E-state index in [1.54, 1.807) is 6.07 Å². The molecule has 4 N–H and O–H groups in total. The van der Waals surface area contributed by atoms with Crippen LogP contribution in [-0.4, -0.2) is 17.6 Å². The maximum atomic E-state index is 11.0. The standard InChI is InChI=1S/C12H18N2O2/c1-2-11(15)14-8-4-6-9-5-3-7-10(13)12(9)16/h3,5,7,16H,2,4,6,8,13H2,1H3,(H,14,15). The van der Waals surface area contributed by atoms with E-state index in [9.17, 15) is 9.90 Å². The third kappa shape index (κ3) is 3.46. The summed E-state index contributed by atoms with van der Waals surface area (Å²) in [5.41, 5.74) is 6.80. The fraction of sp³-hybridized carbons (Fsp3) is 0.417. The van der Waals surface area contributed by atoms with Crippen molar-refractivity contribution in [2.24, 2.45) is 0 Å². The first-order valence-corrected chi connectivity index (χ1v) is 5.48. The van der Waals surface area contributed by atoms with E-state index in [2.05, 4.69) is 5.32 Å². The number of carbonyl (C=O) groups excluding carboxylic acids is 1. The number of hydrogen-bond donors (Lipinski definition) is 3. The summed E-state index contributed by atoms with van der Waals surface area (Å²) >= 11 is 0. The van der Waals surface area contributed by atoms with Crippen molar-refractivity contribution in [1.29, 1.82) is 0 Å². The van der Waals surface area contributed by atoms with Gasteiger partial charge in [-0.05, 0) is 24.5 Å². The molecule has 1 aromatic rings. The molecule has 0 bridgehead atoms. The summed E-state index contributed by atoms with van der Waals surface area (Å²) in [4.78, 5) is 11.0. The molecule has 88 valence electrons. The van der Waals surface area contributed by atoms with Gasteiger partial charge in [0.05, 0.1) is 5.69 Å². The minimum atomic E-state index is 0.0526. The zero-order valence-corrected chi connectivity index (χ0v) is 9.49. The lowest BCUT2D eigenvalue weighted by Gasteiger charge is -2.07. The molecule has 0 radical (unpaired) electrons. The van der Waals surface area contributed by atoms with Gasteiger partial charge in [-0.1, -0.05) is 19.1 Å². The van der Waals surface area contributed by atoms with Crippen molar-refractivity contribution in [3.8, 4) is 5.75 Å². The molecule has 4 nitrogen and oxygen atoms in total. The topological polar surface area (TPSA) is 75.4 Å². The lowest BCUT2D eigenvalue weighted by atomic mass is 10.1. The molecule has 0 atom stereocenters. The van der Waals surface area contributed by atoms with E-state index in [-0.39, 0.29) is 11.7 Å². The van der Waals surface area contributed by atoms with Crippen molar-refractivity contribution in [2.75, 3.05) is 12.3 Å². The molecule has 1 amide bonds. The van der Waals surface area contributed by atoms with Crippen molar-refractivity contribution in [3.63, 3.8) is 0 Å². The van der Waals surface area contributed by atoms with E-state index in [1.807, 2.05) is 19.1 Å². The molecule has 0 aliphatic heterocycles. The van der Waals surface area contributed by atoms with Crippen LogP contribution in [0.2, 0.25) is 0 Å². The maximum Gasteiger partial charge on any atom is 0.219 e. The quantitative estimate of drug-likeness (QED) is 0.401. The summed E-state index contributed by atoms with van der Waals surface area (Å²) in [6, 6.07) is 5.32. The van der Waals surface area contributed by atoms with Gasteiger partial charge >= 0.3 is 0 Å². The molecular formula is C12H18N2O2. The molecule has 0 heterocycles. The number of amides is 1. The van der Waals surface area contributed by atoms with Gasteiger partial charge in [0.15, 0.2) is 0 Å². The molecule has 16 heavy (non-hydrogen) atoms. The van der Waals surface area contributed by atoms with Crippen LogP contribution in [0.1, 0.15) is 25.3 Å². The Kier molecular flexibility index (Phi) is 4.64. The van der Waals surface area contributed by atoms with Crippen LogP contribution in [0.4, 0.5) is 5.69 Å². The minimum Gasteiger partial charge on any atom is -0.506 e. The average molecular weight is 222 g/mol. The number of phenols is 1. The van der Waals surface area contributed by atoms with Gasteiger partial charge in [-0.3, -0.25) is 4.79 Å². The number of nitrogens with two attached hydrogens (primary N) is 1. The van der Waals surface area contributed by atoms with Crippen LogP contribution >= 0.6 is 0 Å². The second-order valence-electron chi connectivity index (χ2n) is 3.66. The molecule has 0 aliphatic carbocycles. The number of aromatic hydroxyl groups is 1. The molecule has 0 aromatic heterocycles. The van der Waals surface area contributed by atoms with Gasteiger partial charge in [0.25, 0.3) is 0 Å². The summed E-state index contributed by atoms with van der Waals surface area (Å²) in [7, 11) is 0. The van der Waals surface area contributed by atoms with E-state index < -0.39 is 0 Å². The van der Waals surface area contributed by atoms with Gasteiger partial charge in [0.2, 0.25) is 5.91 Å². The Morgan fingerprint density at radius 1 is 1.50 bits per heavy atom. The Morgan fingerprint density at radius 3 is 2.94 bits per heavy atom. The van der Waals surface area contributed by atoms with E-state index in [0.29, 0.717) is 25.1 Å². The molecule has 1 aromatic carbocycles. The van der Waals surface area contributed by atoms with E-state index >= 15 is 0 Å². The number of hydrogen-bond acceptors (Lipinski definition) is 3. The third-order valence-electron chi connectivity index (χ3n) is 2.42. The predicted molar refractivity (Wildman–Crippen MR) is 64.1 cm³/mol. The molecule has 4 heteroatoms. The normalized spacial score (nSPS) is 10.1. The fourth-order valence-electron chi connectivity index (χ4n) is 1.44. The van der Waals surface area contributed by atoms with Crippen molar-refractivity contribution >= 4 is 11.6 Å². The summed E-state index contributed by atoms with van der Waals surface area (Å²) in [6.45, 7) is 2.44. The first-order valence-electron chi connectivity index (χ1n) is 5.48. The highest BCUT2D eigenvalue weighted by molar-refractivity contribution is 5.75. The number of phenolic OH excluding ortho intramolecular Hbond substituents is 1. The minimum absolute atomic E-state index is 0.0526. The highest BCUT2D eigenvalue weighted by atomic mass is 16.3. The summed E-state index contributed by atoms with van der Waals surface area (Å²) < 4.78 is 0. The first-order chi connectivity index (χ1) is 7.65. The number of rotatable bonds is 5. The van der Waals surface area contributed by atoms with Gasteiger partial charge in [0, 0.05) is 13.0 Å². The van der Waals surface area contributed by atoms with Gasteiger partial charge in [-0.25, -0.2) is 0 Å². The summed E-state index contributed by atoms with van der Waals surface area (Å²) in [5.74, 6) is 0.209. The Hall–Kier alpha value is -1.71. The smallest absolute Gasteiger partial charge is 0.219 e. The van der Waals surface area contributed by atoms with E-state index in [1.165, 1.54) is 0 Å². The number of nitrogen functional groups attached to an aromatic ring is 1. The van der Waals surface area contributed by atoms with Crippen LogP contribution in [0.5, 0.6) is 5.75 Å². The second-order valence-corrected chi connectivity index (χ2v) is 3.66. The summed E-state index contributed by atoms with van der Waals surface area (Å²) in [6.07, 6.45) is 2.01. The SMILES string of the molecule is CCC(=O)NCCCc1cccc(N)c1O. The van der Waals surface area contributed by atoms with Crippen LogP contribution in [0.3, 0.4) is 0 Å². The Morgan fingerprint density at radius 2 is 2.25 bits per heavy atom. The average Bonchev–Trinajstić information content (AvgIpc) is 2.29.